The van der Waals surface area contributed by atoms with Gasteiger partial charge in [-0.15, -0.1) is 0 Å². The number of imidazole rings is 1. The van der Waals surface area contributed by atoms with Crippen LogP contribution in [0.4, 0.5) is 9.18 Å². The summed E-state index contributed by atoms with van der Waals surface area (Å²) in [6.07, 6.45) is 2.14. The van der Waals surface area contributed by atoms with Crippen LogP contribution in [-0.4, -0.2) is 32.6 Å². The second-order valence-corrected chi connectivity index (χ2v) is 4.80. The van der Waals surface area contributed by atoms with Gasteiger partial charge in [0, 0.05) is 12.1 Å². The fourth-order valence-corrected chi connectivity index (χ4v) is 2.60. The normalized spacial score (nSPS) is 18.4. The van der Waals surface area contributed by atoms with Crippen LogP contribution in [0.25, 0.3) is 11.3 Å². The van der Waals surface area contributed by atoms with Crippen molar-refractivity contribution >= 4 is 6.09 Å². The van der Waals surface area contributed by atoms with Crippen LogP contribution in [-0.2, 0) is 0 Å². The Morgan fingerprint density at radius 2 is 2.25 bits per heavy atom. The van der Waals surface area contributed by atoms with Gasteiger partial charge in [0.05, 0.1) is 17.9 Å². The van der Waals surface area contributed by atoms with E-state index in [2.05, 4.69) is 9.97 Å². The van der Waals surface area contributed by atoms with Crippen LogP contribution in [0, 0.1) is 5.82 Å². The Kier molecular flexibility index (Phi) is 3.14. The number of aromatic amines is 1. The zero-order valence-electron chi connectivity index (χ0n) is 10.7. The van der Waals surface area contributed by atoms with Crippen molar-refractivity contribution in [3.8, 4) is 11.3 Å². The summed E-state index contributed by atoms with van der Waals surface area (Å²) < 4.78 is 13.7. The van der Waals surface area contributed by atoms with Gasteiger partial charge in [-0.05, 0) is 25.0 Å². The summed E-state index contributed by atoms with van der Waals surface area (Å²) in [7, 11) is 0. The molecule has 1 aromatic carbocycles. The van der Waals surface area contributed by atoms with E-state index in [0.29, 0.717) is 23.6 Å². The highest BCUT2D eigenvalue weighted by molar-refractivity contribution is 5.66. The van der Waals surface area contributed by atoms with Crippen LogP contribution >= 0.6 is 0 Å². The zero-order chi connectivity index (χ0) is 14.1. The van der Waals surface area contributed by atoms with Crippen molar-refractivity contribution < 1.29 is 14.3 Å². The summed E-state index contributed by atoms with van der Waals surface area (Å²) in [4.78, 5) is 19.8. The topological polar surface area (TPSA) is 69.2 Å². The first-order valence-electron chi connectivity index (χ1n) is 6.46. The second kappa shape index (κ2) is 4.96. The van der Waals surface area contributed by atoms with Crippen molar-refractivity contribution in [3.63, 3.8) is 0 Å². The molecule has 5 nitrogen and oxygen atoms in total. The van der Waals surface area contributed by atoms with Gasteiger partial charge in [0.15, 0.2) is 0 Å². The molecular weight excluding hydrogens is 261 g/mol. The Morgan fingerprint density at radius 3 is 3.00 bits per heavy atom. The number of carboxylic acid groups (broad SMARTS) is 1. The first-order chi connectivity index (χ1) is 9.66. The van der Waals surface area contributed by atoms with E-state index < -0.39 is 6.09 Å². The number of halogens is 1. The average molecular weight is 275 g/mol. The molecule has 0 saturated carbocycles. The molecule has 3 rings (SSSR count). The standard InChI is InChI=1S/C14H14FN3O2/c15-10-5-2-1-4-9(10)11-8-16-13(17-11)12-6-3-7-18(12)14(19)20/h1-2,4-5,8,12H,3,6-7H2,(H,16,17)(H,19,20)/t12-/m0/s1. The predicted octanol–water partition coefficient (Wildman–Crippen LogP) is 3.03. The van der Waals surface area contributed by atoms with E-state index in [9.17, 15) is 9.18 Å². The van der Waals surface area contributed by atoms with Gasteiger partial charge in [0.2, 0.25) is 0 Å². The number of rotatable bonds is 2. The average Bonchev–Trinajstić information content (AvgIpc) is 3.07. The zero-order valence-corrected chi connectivity index (χ0v) is 10.7. The molecule has 1 amide bonds. The number of hydrogen-bond donors (Lipinski definition) is 2. The molecule has 2 heterocycles. The fraction of sp³-hybridized carbons (Fsp3) is 0.286. The second-order valence-electron chi connectivity index (χ2n) is 4.80. The minimum absolute atomic E-state index is 0.270. The molecule has 1 aromatic heterocycles. The number of likely N-dealkylation sites (tertiary alicyclic amines) is 1. The molecule has 0 aliphatic carbocycles. The van der Waals surface area contributed by atoms with Crippen molar-refractivity contribution in [1.82, 2.24) is 14.9 Å². The van der Waals surface area contributed by atoms with E-state index in [0.717, 1.165) is 12.8 Å². The van der Waals surface area contributed by atoms with E-state index in [4.69, 9.17) is 5.11 Å². The van der Waals surface area contributed by atoms with Crippen LogP contribution < -0.4 is 0 Å². The smallest absolute Gasteiger partial charge is 0.407 e. The maximum Gasteiger partial charge on any atom is 0.407 e. The van der Waals surface area contributed by atoms with Crippen molar-refractivity contribution in [3.05, 3.63) is 42.1 Å². The Hall–Kier alpha value is -2.37. The van der Waals surface area contributed by atoms with Crippen molar-refractivity contribution in [1.29, 1.82) is 0 Å². The Balaban J connectivity index is 1.91. The summed E-state index contributed by atoms with van der Waals surface area (Å²) in [5.74, 6) is 0.243. The van der Waals surface area contributed by atoms with Gasteiger partial charge in [0.1, 0.15) is 11.6 Å². The minimum Gasteiger partial charge on any atom is -0.465 e. The lowest BCUT2D eigenvalue weighted by Gasteiger charge is -2.19. The number of nitrogens with zero attached hydrogens (tertiary/aromatic N) is 2. The van der Waals surface area contributed by atoms with Crippen LogP contribution in [0.2, 0.25) is 0 Å². The number of amides is 1. The van der Waals surface area contributed by atoms with Crippen molar-refractivity contribution in [2.45, 2.75) is 18.9 Å². The third-order valence-corrected chi connectivity index (χ3v) is 3.57. The first kappa shape index (κ1) is 12.7. The number of carbonyl (C=O) groups is 1. The van der Waals surface area contributed by atoms with Crippen molar-refractivity contribution in [2.75, 3.05) is 6.54 Å². The predicted molar refractivity (Wildman–Crippen MR) is 70.7 cm³/mol. The molecule has 0 unspecified atom stereocenters. The van der Waals surface area contributed by atoms with Gasteiger partial charge in [-0.1, -0.05) is 12.1 Å². The summed E-state index contributed by atoms with van der Waals surface area (Å²) >= 11 is 0. The number of aromatic nitrogens is 2. The molecular formula is C14H14FN3O2. The monoisotopic (exact) mass is 275 g/mol. The molecule has 0 radical (unpaired) electrons. The van der Waals surface area contributed by atoms with E-state index >= 15 is 0 Å². The third kappa shape index (κ3) is 2.13. The highest BCUT2D eigenvalue weighted by Gasteiger charge is 2.31. The van der Waals surface area contributed by atoms with Gasteiger partial charge < -0.3 is 10.1 Å². The van der Waals surface area contributed by atoms with Crippen LogP contribution in [0.1, 0.15) is 24.7 Å². The summed E-state index contributed by atoms with van der Waals surface area (Å²) in [6, 6.07) is 6.15. The largest absolute Gasteiger partial charge is 0.465 e. The number of benzene rings is 1. The lowest BCUT2D eigenvalue weighted by molar-refractivity contribution is 0.139. The van der Waals surface area contributed by atoms with Gasteiger partial charge in [-0.25, -0.2) is 14.2 Å². The van der Waals surface area contributed by atoms with E-state index in [-0.39, 0.29) is 11.9 Å². The molecule has 2 N–H and O–H groups in total. The highest BCUT2D eigenvalue weighted by atomic mass is 19.1. The fourth-order valence-electron chi connectivity index (χ4n) is 2.60. The van der Waals surface area contributed by atoms with Crippen LogP contribution in [0.15, 0.2) is 30.5 Å². The molecule has 1 fully saturated rings. The molecule has 0 spiro atoms. The molecule has 2 aromatic rings. The maximum absolute atomic E-state index is 13.7. The summed E-state index contributed by atoms with van der Waals surface area (Å²) in [5, 5.41) is 9.14. The van der Waals surface area contributed by atoms with Gasteiger partial charge in [0.25, 0.3) is 0 Å². The molecule has 1 atom stereocenters. The maximum atomic E-state index is 13.7. The van der Waals surface area contributed by atoms with E-state index in [1.807, 2.05) is 0 Å². The lowest BCUT2D eigenvalue weighted by atomic mass is 10.1. The molecule has 1 aliphatic rings. The van der Waals surface area contributed by atoms with E-state index in [1.54, 1.807) is 24.4 Å². The Morgan fingerprint density at radius 1 is 1.45 bits per heavy atom. The molecule has 1 saturated heterocycles. The third-order valence-electron chi connectivity index (χ3n) is 3.57. The van der Waals surface area contributed by atoms with E-state index in [1.165, 1.54) is 11.0 Å². The minimum atomic E-state index is -0.948. The molecule has 1 aliphatic heterocycles. The van der Waals surface area contributed by atoms with Crippen LogP contribution in [0.5, 0.6) is 0 Å². The molecule has 0 bridgehead atoms. The molecule has 104 valence electrons. The quantitative estimate of drug-likeness (QED) is 0.885. The lowest BCUT2D eigenvalue weighted by Crippen LogP contribution is -2.29. The van der Waals surface area contributed by atoms with Crippen LogP contribution in [0.3, 0.4) is 0 Å². The molecule has 20 heavy (non-hydrogen) atoms. The van der Waals surface area contributed by atoms with Gasteiger partial charge in [-0.3, -0.25) is 4.90 Å². The number of nitrogens with one attached hydrogen (secondary N) is 1. The summed E-state index contributed by atoms with van der Waals surface area (Å²) in [6.45, 7) is 0.510. The van der Waals surface area contributed by atoms with Gasteiger partial charge in [-0.2, -0.15) is 0 Å². The number of hydrogen-bond acceptors (Lipinski definition) is 2. The summed E-state index contributed by atoms with van der Waals surface area (Å²) in [5.41, 5.74) is 1.00. The Labute approximate surface area is 115 Å². The number of H-pyrrole nitrogens is 1. The highest BCUT2D eigenvalue weighted by Crippen LogP contribution is 2.31. The van der Waals surface area contributed by atoms with Gasteiger partial charge >= 0.3 is 6.09 Å². The SMILES string of the molecule is O=C(O)N1CCC[C@H]1c1ncc(-c2ccccc2F)[nH]1. The Bertz CT molecular complexity index is 641. The first-order valence-corrected chi connectivity index (χ1v) is 6.46. The molecule has 6 heteroatoms. The van der Waals surface area contributed by atoms with Crippen molar-refractivity contribution in [2.24, 2.45) is 0 Å².